The van der Waals surface area contributed by atoms with Gasteiger partial charge in [-0.1, -0.05) is 52.2 Å². The van der Waals surface area contributed by atoms with Crippen molar-refractivity contribution in [2.45, 2.75) is 52.9 Å². The first-order valence-electron chi connectivity index (χ1n) is 10.6. The van der Waals surface area contributed by atoms with Crippen molar-refractivity contribution in [3.05, 3.63) is 35.5 Å². The topological polar surface area (TPSA) is 88.1 Å². The van der Waals surface area contributed by atoms with E-state index < -0.39 is 5.97 Å². The number of hydrogen-bond acceptors (Lipinski definition) is 4. The van der Waals surface area contributed by atoms with E-state index >= 15 is 0 Å². The lowest BCUT2D eigenvalue weighted by atomic mass is 9.98. The van der Waals surface area contributed by atoms with Gasteiger partial charge < -0.3 is 19.9 Å². The van der Waals surface area contributed by atoms with E-state index in [2.05, 4.69) is 19.2 Å². The van der Waals surface area contributed by atoms with Gasteiger partial charge in [0.15, 0.2) is 5.76 Å². The molecule has 0 aliphatic carbocycles. The van der Waals surface area contributed by atoms with E-state index in [1.165, 1.54) is 12.8 Å². The van der Waals surface area contributed by atoms with Gasteiger partial charge in [0.05, 0.1) is 32.0 Å². The molecular formula is C23H36N2O5. The summed E-state index contributed by atoms with van der Waals surface area (Å²) in [6, 6.07) is 7.68. The molecule has 1 aromatic carbocycles. The lowest BCUT2D eigenvalue weighted by molar-refractivity contribution is -0.136. The number of unbranched alkanes of at least 4 members (excludes halogenated alkanes) is 1. The van der Waals surface area contributed by atoms with Gasteiger partial charge in [0.25, 0.3) is 0 Å². The van der Waals surface area contributed by atoms with E-state index in [-0.39, 0.29) is 12.5 Å². The highest BCUT2D eigenvalue weighted by Crippen LogP contribution is 2.32. The summed E-state index contributed by atoms with van der Waals surface area (Å²) in [4.78, 5) is 23.6. The van der Waals surface area contributed by atoms with Crippen molar-refractivity contribution in [2.75, 3.05) is 27.3 Å². The van der Waals surface area contributed by atoms with Crippen LogP contribution >= 0.6 is 0 Å². The van der Waals surface area contributed by atoms with Crippen LogP contribution in [-0.2, 0) is 9.53 Å². The number of ether oxygens (including phenoxy) is 2. The first kappa shape index (κ1) is 25.3. The molecule has 2 N–H and O–H groups in total. The van der Waals surface area contributed by atoms with Gasteiger partial charge in [0.1, 0.15) is 5.75 Å². The maximum atomic E-state index is 12.4. The van der Waals surface area contributed by atoms with Crippen molar-refractivity contribution in [3.8, 4) is 5.75 Å². The Morgan fingerprint density at radius 1 is 1.23 bits per heavy atom. The first-order chi connectivity index (χ1) is 14.4. The molecule has 1 atom stereocenters. The van der Waals surface area contributed by atoms with Crippen LogP contribution in [0.15, 0.2) is 30.0 Å². The van der Waals surface area contributed by atoms with Crippen LogP contribution in [0.2, 0.25) is 0 Å². The molecule has 2 rings (SSSR count). The number of hydrogen-bond donors (Lipinski definition) is 2. The second-order valence-electron chi connectivity index (χ2n) is 7.11. The summed E-state index contributed by atoms with van der Waals surface area (Å²) in [5, 5.41) is 10.7. The molecule has 0 bridgehead atoms. The Hall–Kier alpha value is -2.70. The van der Waals surface area contributed by atoms with E-state index in [4.69, 9.17) is 14.6 Å². The third-order valence-electron chi connectivity index (χ3n) is 5.08. The summed E-state index contributed by atoms with van der Waals surface area (Å²) in [6.45, 7) is 7.19. The number of carboxylic acids is 1. The van der Waals surface area contributed by atoms with Crippen molar-refractivity contribution < 1.29 is 24.2 Å². The van der Waals surface area contributed by atoms with E-state index in [1.54, 1.807) is 21.1 Å². The standard InChI is InChI=1S/C20H30N2O3.C3H6O2/c1-5-7-10-15(6-2)14-22-17(13-21-20(22)23)19(25-4)16-11-8-9-12-18(16)24-3;1-2-3(4)5/h8-9,11-12,15H,5-7,10,13-14H2,1-4H3,(H,21,23);2H2,1H3,(H,4,5). The molecule has 1 heterocycles. The molecule has 1 aliphatic heterocycles. The Bertz CT molecular complexity index is 717. The van der Waals surface area contributed by atoms with Crippen LogP contribution in [0.3, 0.4) is 0 Å². The molecule has 0 radical (unpaired) electrons. The van der Waals surface area contributed by atoms with Crippen molar-refractivity contribution in [1.29, 1.82) is 0 Å². The van der Waals surface area contributed by atoms with Gasteiger partial charge in [-0.15, -0.1) is 0 Å². The van der Waals surface area contributed by atoms with E-state index in [9.17, 15) is 9.59 Å². The van der Waals surface area contributed by atoms with Crippen molar-refractivity contribution in [2.24, 2.45) is 5.92 Å². The minimum atomic E-state index is -0.745. The molecule has 1 aromatic rings. The number of nitrogens with zero attached hydrogens (tertiary/aromatic N) is 1. The number of carbonyl (C=O) groups excluding carboxylic acids is 1. The van der Waals surface area contributed by atoms with Gasteiger partial charge in [-0.2, -0.15) is 0 Å². The lowest BCUT2D eigenvalue weighted by Crippen LogP contribution is -2.32. The summed E-state index contributed by atoms with van der Waals surface area (Å²) >= 11 is 0. The predicted octanol–water partition coefficient (Wildman–Crippen LogP) is 4.73. The van der Waals surface area contributed by atoms with Crippen LogP contribution in [0.4, 0.5) is 4.79 Å². The molecule has 7 heteroatoms. The first-order valence-corrected chi connectivity index (χ1v) is 10.6. The van der Waals surface area contributed by atoms with Crippen LogP contribution in [-0.4, -0.2) is 49.3 Å². The zero-order valence-electron chi connectivity index (χ0n) is 18.9. The number of para-hydroxylation sites is 1. The highest BCUT2D eigenvalue weighted by Gasteiger charge is 2.31. The van der Waals surface area contributed by atoms with Gasteiger partial charge in [-0.05, 0) is 24.5 Å². The van der Waals surface area contributed by atoms with E-state index in [1.807, 2.05) is 29.2 Å². The summed E-state index contributed by atoms with van der Waals surface area (Å²) in [5.74, 6) is 1.19. The fourth-order valence-electron chi connectivity index (χ4n) is 3.26. The lowest BCUT2D eigenvalue weighted by Gasteiger charge is -2.25. The largest absolute Gasteiger partial charge is 0.496 e. The van der Waals surface area contributed by atoms with Crippen LogP contribution in [0.1, 0.15) is 58.4 Å². The quantitative estimate of drug-likeness (QED) is 0.534. The Labute approximate surface area is 180 Å². The average molecular weight is 421 g/mol. The summed E-state index contributed by atoms with van der Waals surface area (Å²) < 4.78 is 11.2. The van der Waals surface area contributed by atoms with Crippen LogP contribution < -0.4 is 10.1 Å². The molecule has 1 saturated heterocycles. The minimum absolute atomic E-state index is 0.0469. The van der Waals surface area contributed by atoms with Gasteiger partial charge in [0.2, 0.25) is 0 Å². The number of rotatable bonds is 10. The summed E-state index contributed by atoms with van der Waals surface area (Å²) in [6.07, 6.45) is 4.79. The Kier molecular flexibility index (Phi) is 11.4. The zero-order valence-corrected chi connectivity index (χ0v) is 18.9. The van der Waals surface area contributed by atoms with Gasteiger partial charge >= 0.3 is 12.0 Å². The number of methoxy groups -OCH3 is 2. The summed E-state index contributed by atoms with van der Waals surface area (Å²) in [7, 11) is 3.29. The Morgan fingerprint density at radius 3 is 2.43 bits per heavy atom. The van der Waals surface area contributed by atoms with Gasteiger partial charge in [-0.3, -0.25) is 9.69 Å². The molecule has 1 unspecified atom stereocenters. The third kappa shape index (κ3) is 7.28. The second kappa shape index (κ2) is 13.5. The normalized spacial score (nSPS) is 15.6. The Morgan fingerprint density at radius 2 is 1.90 bits per heavy atom. The number of urea groups is 1. The zero-order chi connectivity index (χ0) is 22.5. The number of nitrogens with one attached hydrogen (secondary N) is 1. The molecule has 1 aliphatic rings. The number of carbonyl (C=O) groups is 2. The predicted molar refractivity (Wildman–Crippen MR) is 118 cm³/mol. The smallest absolute Gasteiger partial charge is 0.322 e. The van der Waals surface area contributed by atoms with Crippen LogP contribution in [0.5, 0.6) is 5.75 Å². The molecule has 7 nitrogen and oxygen atoms in total. The molecule has 0 spiro atoms. The Balaban J connectivity index is 0.000000804. The van der Waals surface area contributed by atoms with Crippen LogP contribution in [0, 0.1) is 5.92 Å². The monoisotopic (exact) mass is 420 g/mol. The van der Waals surface area contributed by atoms with Crippen molar-refractivity contribution in [1.82, 2.24) is 10.2 Å². The second-order valence-corrected chi connectivity index (χ2v) is 7.11. The molecular weight excluding hydrogens is 384 g/mol. The maximum Gasteiger partial charge on any atom is 0.322 e. The van der Waals surface area contributed by atoms with E-state index in [0.717, 1.165) is 36.4 Å². The molecule has 30 heavy (non-hydrogen) atoms. The molecule has 0 aromatic heterocycles. The number of carboxylic acid groups (broad SMARTS) is 1. The number of aliphatic carboxylic acids is 1. The van der Waals surface area contributed by atoms with E-state index in [0.29, 0.717) is 18.2 Å². The van der Waals surface area contributed by atoms with Crippen LogP contribution in [0.25, 0.3) is 5.76 Å². The third-order valence-corrected chi connectivity index (χ3v) is 5.08. The average Bonchev–Trinajstić information content (AvgIpc) is 3.12. The highest BCUT2D eigenvalue weighted by atomic mass is 16.5. The minimum Gasteiger partial charge on any atom is -0.496 e. The fourth-order valence-corrected chi connectivity index (χ4v) is 3.26. The molecule has 0 saturated carbocycles. The maximum absolute atomic E-state index is 12.4. The SMILES string of the molecule is CCC(=O)O.CCCCC(CC)CN1C(=O)NCC1=C(OC)c1ccccc1OC. The van der Waals surface area contributed by atoms with Gasteiger partial charge in [0, 0.05) is 13.0 Å². The van der Waals surface area contributed by atoms with Crippen molar-refractivity contribution in [3.63, 3.8) is 0 Å². The highest BCUT2D eigenvalue weighted by molar-refractivity contribution is 5.84. The molecule has 168 valence electrons. The fraction of sp³-hybridized carbons (Fsp3) is 0.565. The van der Waals surface area contributed by atoms with Crippen molar-refractivity contribution >= 4 is 17.8 Å². The number of amides is 2. The van der Waals surface area contributed by atoms with Gasteiger partial charge in [-0.25, -0.2) is 4.79 Å². The summed E-state index contributed by atoms with van der Waals surface area (Å²) in [5.41, 5.74) is 1.75. The number of benzene rings is 1. The molecule has 1 fully saturated rings. The molecule has 2 amide bonds.